The normalized spacial score (nSPS) is 13.8. The Morgan fingerprint density at radius 2 is 1.75 bits per heavy atom. The molecular formula is C24H28N6O5S. The highest BCUT2D eigenvalue weighted by Gasteiger charge is 2.27. The molecule has 190 valence electrons. The van der Waals surface area contributed by atoms with Gasteiger partial charge in [-0.3, -0.25) is 29.1 Å². The van der Waals surface area contributed by atoms with Gasteiger partial charge in [-0.15, -0.1) is 11.3 Å². The summed E-state index contributed by atoms with van der Waals surface area (Å²) < 4.78 is 1.31. The summed E-state index contributed by atoms with van der Waals surface area (Å²) in [5.74, 6) is -0.303. The zero-order valence-electron chi connectivity index (χ0n) is 20.5. The lowest BCUT2D eigenvalue weighted by Gasteiger charge is -2.36. The van der Waals surface area contributed by atoms with Gasteiger partial charge in [0.15, 0.2) is 0 Å². The number of nitro benzene ring substituents is 1. The molecule has 4 rings (SSSR count). The summed E-state index contributed by atoms with van der Waals surface area (Å²) in [7, 11) is 0. The zero-order valence-corrected chi connectivity index (χ0v) is 21.3. The number of aryl methyl sites for hydroxylation is 1. The molecule has 0 unspecified atom stereocenters. The van der Waals surface area contributed by atoms with E-state index >= 15 is 0 Å². The van der Waals surface area contributed by atoms with Crippen LogP contribution in [-0.2, 0) is 11.3 Å². The Labute approximate surface area is 211 Å². The molecule has 2 aromatic heterocycles. The van der Waals surface area contributed by atoms with Gasteiger partial charge in [0.2, 0.25) is 5.91 Å². The van der Waals surface area contributed by atoms with Crippen LogP contribution in [0.1, 0.15) is 29.1 Å². The van der Waals surface area contributed by atoms with Crippen molar-refractivity contribution in [1.82, 2.24) is 19.4 Å². The highest BCUT2D eigenvalue weighted by molar-refractivity contribution is 7.20. The number of aromatic nitrogens is 2. The molecule has 1 aromatic carbocycles. The molecule has 1 fully saturated rings. The van der Waals surface area contributed by atoms with Crippen molar-refractivity contribution in [3.05, 3.63) is 61.5 Å². The number of hydrogen-bond donors (Lipinski definition) is 0. The third-order valence-electron chi connectivity index (χ3n) is 6.53. The Morgan fingerprint density at radius 3 is 2.33 bits per heavy atom. The Kier molecular flexibility index (Phi) is 7.34. The molecule has 2 amide bonds. The molecule has 12 heteroatoms. The number of benzene rings is 1. The molecule has 1 aliphatic rings. The maximum absolute atomic E-state index is 13.3. The molecule has 0 saturated carbocycles. The first-order valence-corrected chi connectivity index (χ1v) is 12.6. The summed E-state index contributed by atoms with van der Waals surface area (Å²) >= 11 is 1.20. The largest absolute Gasteiger partial charge is 0.368 e. The lowest BCUT2D eigenvalue weighted by atomic mass is 10.2. The molecule has 0 atom stereocenters. The molecule has 0 spiro atoms. The van der Waals surface area contributed by atoms with E-state index in [9.17, 15) is 24.5 Å². The minimum atomic E-state index is -0.430. The van der Waals surface area contributed by atoms with Gasteiger partial charge in [0.1, 0.15) is 11.4 Å². The number of likely N-dealkylation sites (N-methyl/N-ethyl adjacent to an activating group) is 1. The summed E-state index contributed by atoms with van der Waals surface area (Å²) in [6.07, 6.45) is 1.37. The van der Waals surface area contributed by atoms with Crippen LogP contribution in [0.5, 0.6) is 0 Å². The number of rotatable bonds is 7. The van der Waals surface area contributed by atoms with Crippen LogP contribution in [0.25, 0.3) is 10.2 Å². The van der Waals surface area contributed by atoms with Gasteiger partial charge in [-0.1, -0.05) is 0 Å². The predicted molar refractivity (Wildman–Crippen MR) is 138 cm³/mol. The second-order valence-corrected chi connectivity index (χ2v) is 9.53. The van der Waals surface area contributed by atoms with Crippen LogP contribution in [0.4, 0.5) is 11.4 Å². The van der Waals surface area contributed by atoms with Gasteiger partial charge < -0.3 is 14.7 Å². The number of hydrogen-bond acceptors (Lipinski definition) is 8. The smallest absolute Gasteiger partial charge is 0.269 e. The van der Waals surface area contributed by atoms with Crippen LogP contribution >= 0.6 is 11.3 Å². The van der Waals surface area contributed by atoms with Gasteiger partial charge in [-0.05, 0) is 38.5 Å². The summed E-state index contributed by atoms with van der Waals surface area (Å²) in [6, 6.07) is 6.38. The molecule has 3 heterocycles. The van der Waals surface area contributed by atoms with Gasteiger partial charge in [-0.25, -0.2) is 4.98 Å². The fourth-order valence-electron chi connectivity index (χ4n) is 4.39. The Hall–Kier alpha value is -3.80. The molecule has 0 N–H and O–H groups in total. The average Bonchev–Trinajstić information content (AvgIpc) is 3.23. The Morgan fingerprint density at radius 1 is 1.11 bits per heavy atom. The molecule has 1 aliphatic heterocycles. The molecule has 0 bridgehead atoms. The van der Waals surface area contributed by atoms with Crippen LogP contribution < -0.4 is 10.5 Å². The SMILES string of the molecule is CCN(CC)C(=O)Cn1cnc2sc(C(=O)N3CCN(c4ccc([N+](=O)[O-])cc4)CC3)c(C)c2c1=O. The van der Waals surface area contributed by atoms with E-state index < -0.39 is 4.92 Å². The van der Waals surface area contributed by atoms with E-state index in [0.29, 0.717) is 59.9 Å². The van der Waals surface area contributed by atoms with Crippen molar-refractivity contribution in [2.45, 2.75) is 27.3 Å². The number of non-ortho nitro benzene ring substituents is 1. The Bertz CT molecular complexity index is 1350. The van der Waals surface area contributed by atoms with Crippen molar-refractivity contribution >= 4 is 44.7 Å². The van der Waals surface area contributed by atoms with E-state index in [1.54, 1.807) is 28.9 Å². The van der Waals surface area contributed by atoms with E-state index in [-0.39, 0.29) is 29.6 Å². The van der Waals surface area contributed by atoms with Crippen LogP contribution in [-0.4, -0.2) is 75.4 Å². The minimum Gasteiger partial charge on any atom is -0.368 e. The summed E-state index contributed by atoms with van der Waals surface area (Å²) in [5, 5.41) is 11.3. The monoisotopic (exact) mass is 512 g/mol. The van der Waals surface area contributed by atoms with Crippen molar-refractivity contribution < 1.29 is 14.5 Å². The summed E-state index contributed by atoms with van der Waals surface area (Å²) in [5.41, 5.74) is 1.17. The van der Waals surface area contributed by atoms with Crippen molar-refractivity contribution in [2.75, 3.05) is 44.2 Å². The van der Waals surface area contributed by atoms with Gasteiger partial charge in [0, 0.05) is 57.1 Å². The second-order valence-electron chi connectivity index (χ2n) is 8.53. The molecule has 1 saturated heterocycles. The van der Waals surface area contributed by atoms with E-state index in [1.807, 2.05) is 13.8 Å². The number of thiophene rings is 1. The predicted octanol–water partition coefficient (Wildman–Crippen LogP) is 2.51. The van der Waals surface area contributed by atoms with Crippen LogP contribution in [0, 0.1) is 17.0 Å². The number of amides is 2. The number of carbonyl (C=O) groups is 2. The Balaban J connectivity index is 1.49. The maximum atomic E-state index is 13.3. The molecular weight excluding hydrogens is 484 g/mol. The van der Waals surface area contributed by atoms with Gasteiger partial charge >= 0.3 is 0 Å². The lowest BCUT2D eigenvalue weighted by molar-refractivity contribution is -0.384. The number of anilines is 1. The highest BCUT2D eigenvalue weighted by atomic mass is 32.1. The highest BCUT2D eigenvalue weighted by Crippen LogP contribution is 2.29. The van der Waals surface area contributed by atoms with Crippen LogP contribution in [0.15, 0.2) is 35.4 Å². The van der Waals surface area contributed by atoms with E-state index in [4.69, 9.17) is 0 Å². The fraction of sp³-hybridized carbons (Fsp3) is 0.417. The molecule has 0 aliphatic carbocycles. The van der Waals surface area contributed by atoms with E-state index in [0.717, 1.165) is 5.69 Å². The molecule has 11 nitrogen and oxygen atoms in total. The van der Waals surface area contributed by atoms with E-state index in [1.165, 1.54) is 34.4 Å². The van der Waals surface area contributed by atoms with Crippen LogP contribution in [0.2, 0.25) is 0 Å². The number of nitro groups is 1. The topological polar surface area (TPSA) is 122 Å². The van der Waals surface area contributed by atoms with Gasteiger partial charge in [0.25, 0.3) is 17.2 Å². The quantitative estimate of drug-likeness (QED) is 0.352. The van der Waals surface area contributed by atoms with Crippen molar-refractivity contribution in [3.63, 3.8) is 0 Å². The molecule has 3 aromatic rings. The minimum absolute atomic E-state index is 0.0397. The van der Waals surface area contributed by atoms with Gasteiger partial charge in [-0.2, -0.15) is 0 Å². The fourth-order valence-corrected chi connectivity index (χ4v) is 5.50. The van der Waals surface area contributed by atoms with Crippen molar-refractivity contribution in [2.24, 2.45) is 0 Å². The van der Waals surface area contributed by atoms with Gasteiger partial charge in [0.05, 0.1) is 21.5 Å². The number of fused-ring (bicyclic) bond motifs is 1. The number of nitrogens with zero attached hydrogens (tertiary/aromatic N) is 6. The molecule has 36 heavy (non-hydrogen) atoms. The van der Waals surface area contributed by atoms with Crippen molar-refractivity contribution in [3.8, 4) is 0 Å². The summed E-state index contributed by atoms with van der Waals surface area (Å²) in [4.78, 5) is 60.2. The second kappa shape index (κ2) is 10.4. The van der Waals surface area contributed by atoms with E-state index in [2.05, 4.69) is 9.88 Å². The third-order valence-corrected chi connectivity index (χ3v) is 7.71. The first-order valence-electron chi connectivity index (χ1n) is 11.8. The zero-order chi connectivity index (χ0) is 26.0. The number of piperazine rings is 1. The van der Waals surface area contributed by atoms with Crippen molar-refractivity contribution in [1.29, 1.82) is 0 Å². The third kappa shape index (κ3) is 4.81. The number of carbonyl (C=O) groups excluding carboxylic acids is 2. The first-order chi connectivity index (χ1) is 17.2. The standard InChI is InChI=1S/C24H28N6O5S/c1-4-26(5-2)19(31)14-29-15-25-22-20(23(29)32)16(3)21(36-22)24(33)28-12-10-27(11-13-28)17-6-8-18(9-7-17)30(34)35/h6-9,15H,4-5,10-14H2,1-3H3. The lowest BCUT2D eigenvalue weighted by Crippen LogP contribution is -2.48. The first kappa shape index (κ1) is 25.3. The maximum Gasteiger partial charge on any atom is 0.269 e. The average molecular weight is 513 g/mol. The molecule has 0 radical (unpaired) electrons. The summed E-state index contributed by atoms with van der Waals surface area (Å²) in [6.45, 7) is 8.71. The van der Waals surface area contributed by atoms with Crippen LogP contribution in [0.3, 0.4) is 0 Å².